The summed E-state index contributed by atoms with van der Waals surface area (Å²) in [5.41, 5.74) is 1.74. The van der Waals surface area contributed by atoms with Gasteiger partial charge in [-0.3, -0.25) is 4.79 Å². The van der Waals surface area contributed by atoms with Gasteiger partial charge in [-0.25, -0.2) is 0 Å². The molecule has 1 amide bonds. The number of hydrogen-bond donors (Lipinski definition) is 1. The molecule has 5 heteroatoms. The average molecular weight is 341 g/mol. The number of carbonyl (C=O) groups is 1. The molecule has 0 radical (unpaired) electrons. The summed E-state index contributed by atoms with van der Waals surface area (Å²) in [6.45, 7) is 7.10. The first-order valence-electron chi connectivity index (χ1n) is 9.30. The molecule has 3 atom stereocenters. The van der Waals surface area contributed by atoms with Crippen LogP contribution >= 0.6 is 0 Å². The Bertz CT molecular complexity index is 705. The van der Waals surface area contributed by atoms with E-state index in [9.17, 15) is 4.79 Å². The number of amides is 1. The molecule has 5 nitrogen and oxygen atoms in total. The minimum absolute atomic E-state index is 0.139. The number of aromatic amines is 1. The van der Waals surface area contributed by atoms with Gasteiger partial charge in [-0.1, -0.05) is 25.1 Å². The van der Waals surface area contributed by atoms with Crippen molar-refractivity contribution in [2.45, 2.75) is 19.4 Å². The summed E-state index contributed by atoms with van der Waals surface area (Å²) in [6.07, 6.45) is 1.37. The number of H-pyrrole nitrogens is 1. The molecule has 1 aromatic carbocycles. The second kappa shape index (κ2) is 6.81. The molecule has 2 saturated heterocycles. The molecule has 3 heterocycles. The Hall–Kier alpha value is -1.85. The topological polar surface area (TPSA) is 48.6 Å². The van der Waals surface area contributed by atoms with Crippen LogP contribution in [0.15, 0.2) is 30.3 Å². The summed E-state index contributed by atoms with van der Waals surface area (Å²) in [7, 11) is 1.80. The van der Waals surface area contributed by atoms with Crippen molar-refractivity contribution in [3.8, 4) is 0 Å². The molecule has 25 heavy (non-hydrogen) atoms. The lowest BCUT2D eigenvalue weighted by molar-refractivity contribution is 0.0627. The van der Waals surface area contributed by atoms with Crippen molar-refractivity contribution in [3.63, 3.8) is 0 Å². The van der Waals surface area contributed by atoms with E-state index < -0.39 is 0 Å². The molecule has 2 fully saturated rings. The lowest BCUT2D eigenvalue weighted by Crippen LogP contribution is -2.36. The maximum Gasteiger partial charge on any atom is 0.270 e. The summed E-state index contributed by atoms with van der Waals surface area (Å²) in [6, 6.07) is 10.0. The quantitative estimate of drug-likeness (QED) is 0.909. The standard InChI is InChI=1S/C20H27N3O2/c1-3-17(25-2)13-22-9-15-11-23(12-16(15)10-22)20(24)19-8-14-6-4-5-7-18(14)21-19/h4-8,15-17,21H,3,9-13H2,1-2H3/t15-,16+,17?. The van der Waals surface area contributed by atoms with E-state index in [1.807, 2.05) is 35.2 Å². The smallest absolute Gasteiger partial charge is 0.270 e. The fraction of sp³-hybridized carbons (Fsp3) is 0.550. The van der Waals surface area contributed by atoms with Crippen LogP contribution < -0.4 is 0 Å². The van der Waals surface area contributed by atoms with Crippen molar-refractivity contribution in [2.75, 3.05) is 39.8 Å². The highest BCUT2D eigenvalue weighted by molar-refractivity contribution is 5.98. The minimum atomic E-state index is 0.139. The molecule has 1 N–H and O–H groups in total. The molecule has 0 bridgehead atoms. The van der Waals surface area contributed by atoms with Crippen LogP contribution in [0.2, 0.25) is 0 Å². The zero-order valence-corrected chi connectivity index (χ0v) is 15.1. The van der Waals surface area contributed by atoms with E-state index in [0.29, 0.717) is 23.6 Å². The van der Waals surface area contributed by atoms with Crippen molar-refractivity contribution in [2.24, 2.45) is 11.8 Å². The van der Waals surface area contributed by atoms with E-state index in [0.717, 1.165) is 50.0 Å². The van der Waals surface area contributed by atoms with Crippen LogP contribution in [0.25, 0.3) is 10.9 Å². The third-order valence-electron chi connectivity index (χ3n) is 5.86. The van der Waals surface area contributed by atoms with Crippen molar-refractivity contribution >= 4 is 16.8 Å². The van der Waals surface area contributed by atoms with E-state index in [1.165, 1.54) is 0 Å². The van der Waals surface area contributed by atoms with E-state index in [2.05, 4.69) is 16.8 Å². The zero-order chi connectivity index (χ0) is 17.4. The van der Waals surface area contributed by atoms with E-state index in [-0.39, 0.29) is 5.91 Å². The first-order valence-corrected chi connectivity index (χ1v) is 9.30. The fourth-order valence-corrected chi connectivity index (χ4v) is 4.42. The molecule has 0 saturated carbocycles. The first-order chi connectivity index (χ1) is 12.2. The third kappa shape index (κ3) is 3.18. The van der Waals surface area contributed by atoms with Crippen molar-refractivity contribution < 1.29 is 9.53 Å². The first kappa shape index (κ1) is 16.6. The maximum absolute atomic E-state index is 12.9. The van der Waals surface area contributed by atoms with Crippen LogP contribution in [0, 0.1) is 11.8 Å². The number of ether oxygens (including phenoxy) is 1. The Labute approximate surface area is 148 Å². The van der Waals surface area contributed by atoms with Gasteiger partial charge in [0.1, 0.15) is 5.69 Å². The molecular weight excluding hydrogens is 314 g/mol. The van der Waals surface area contributed by atoms with Crippen LogP contribution in [-0.4, -0.2) is 66.6 Å². The number of hydrogen-bond acceptors (Lipinski definition) is 3. The molecule has 0 spiro atoms. The van der Waals surface area contributed by atoms with Gasteiger partial charge in [0, 0.05) is 50.7 Å². The van der Waals surface area contributed by atoms with Gasteiger partial charge in [0.05, 0.1) is 6.10 Å². The van der Waals surface area contributed by atoms with Gasteiger partial charge in [0.2, 0.25) is 0 Å². The Morgan fingerprint density at radius 1 is 1.24 bits per heavy atom. The van der Waals surface area contributed by atoms with Crippen LogP contribution in [0.5, 0.6) is 0 Å². The number of methoxy groups -OCH3 is 1. The number of fused-ring (bicyclic) bond motifs is 2. The van der Waals surface area contributed by atoms with Crippen LogP contribution in [-0.2, 0) is 4.74 Å². The molecule has 134 valence electrons. The zero-order valence-electron chi connectivity index (χ0n) is 15.1. The Morgan fingerprint density at radius 3 is 2.60 bits per heavy atom. The second-order valence-electron chi connectivity index (χ2n) is 7.49. The highest BCUT2D eigenvalue weighted by Crippen LogP contribution is 2.32. The molecule has 1 unspecified atom stereocenters. The van der Waals surface area contributed by atoms with Gasteiger partial charge in [-0.15, -0.1) is 0 Å². The highest BCUT2D eigenvalue weighted by atomic mass is 16.5. The maximum atomic E-state index is 12.9. The Kier molecular flexibility index (Phi) is 4.52. The number of para-hydroxylation sites is 1. The summed E-state index contributed by atoms with van der Waals surface area (Å²) >= 11 is 0. The number of aromatic nitrogens is 1. The number of likely N-dealkylation sites (tertiary alicyclic amines) is 2. The van der Waals surface area contributed by atoms with Crippen LogP contribution in [0.1, 0.15) is 23.8 Å². The molecule has 2 aromatic rings. The molecule has 4 rings (SSSR count). The van der Waals surface area contributed by atoms with Gasteiger partial charge < -0.3 is 19.5 Å². The number of nitrogens with zero attached hydrogens (tertiary/aromatic N) is 2. The van der Waals surface area contributed by atoms with Gasteiger partial charge >= 0.3 is 0 Å². The Balaban J connectivity index is 1.38. The Morgan fingerprint density at radius 2 is 1.96 bits per heavy atom. The van der Waals surface area contributed by atoms with Gasteiger partial charge in [-0.05, 0) is 30.4 Å². The average Bonchev–Trinajstić information content (AvgIpc) is 3.31. The SMILES string of the molecule is CCC(CN1C[C@@H]2CN(C(=O)c3cc4ccccc4[nH]3)C[C@@H]2C1)OC. The van der Waals surface area contributed by atoms with Gasteiger partial charge in [0.15, 0.2) is 0 Å². The molecule has 2 aliphatic rings. The number of rotatable bonds is 5. The number of nitrogens with one attached hydrogen (secondary N) is 1. The lowest BCUT2D eigenvalue weighted by atomic mass is 10.0. The molecule has 0 aliphatic carbocycles. The normalized spacial score (nSPS) is 24.8. The third-order valence-corrected chi connectivity index (χ3v) is 5.86. The predicted octanol–water partition coefficient (Wildman–Crippen LogP) is 2.60. The summed E-state index contributed by atoms with van der Waals surface area (Å²) in [5.74, 6) is 1.34. The van der Waals surface area contributed by atoms with Gasteiger partial charge in [0.25, 0.3) is 5.91 Å². The van der Waals surface area contributed by atoms with Crippen LogP contribution in [0.4, 0.5) is 0 Å². The van der Waals surface area contributed by atoms with E-state index in [1.54, 1.807) is 7.11 Å². The molecular formula is C20H27N3O2. The monoisotopic (exact) mass is 341 g/mol. The van der Waals surface area contributed by atoms with Crippen molar-refractivity contribution in [3.05, 3.63) is 36.0 Å². The van der Waals surface area contributed by atoms with Crippen molar-refractivity contribution in [1.82, 2.24) is 14.8 Å². The lowest BCUT2D eigenvalue weighted by Gasteiger charge is -2.24. The number of benzene rings is 1. The second-order valence-corrected chi connectivity index (χ2v) is 7.49. The number of carbonyl (C=O) groups excluding carboxylic acids is 1. The highest BCUT2D eigenvalue weighted by Gasteiger charge is 2.42. The van der Waals surface area contributed by atoms with Crippen molar-refractivity contribution in [1.29, 1.82) is 0 Å². The van der Waals surface area contributed by atoms with E-state index in [4.69, 9.17) is 4.74 Å². The molecule has 1 aromatic heterocycles. The predicted molar refractivity (Wildman–Crippen MR) is 98.7 cm³/mol. The van der Waals surface area contributed by atoms with Crippen LogP contribution in [0.3, 0.4) is 0 Å². The largest absolute Gasteiger partial charge is 0.380 e. The summed E-state index contributed by atoms with van der Waals surface area (Å²) in [5, 5.41) is 1.10. The van der Waals surface area contributed by atoms with E-state index >= 15 is 0 Å². The summed E-state index contributed by atoms with van der Waals surface area (Å²) < 4.78 is 5.52. The summed E-state index contributed by atoms with van der Waals surface area (Å²) in [4.78, 5) is 20.7. The minimum Gasteiger partial charge on any atom is -0.380 e. The molecule has 2 aliphatic heterocycles. The van der Waals surface area contributed by atoms with Gasteiger partial charge in [-0.2, -0.15) is 0 Å². The fourth-order valence-electron chi connectivity index (χ4n) is 4.42.